The van der Waals surface area contributed by atoms with E-state index in [9.17, 15) is 9.90 Å². The number of ether oxygens (including phenoxy) is 2. The van der Waals surface area contributed by atoms with Crippen LogP contribution >= 0.6 is 0 Å². The molecule has 1 fully saturated rings. The predicted molar refractivity (Wildman–Crippen MR) is 110 cm³/mol. The van der Waals surface area contributed by atoms with E-state index in [-0.39, 0.29) is 19.1 Å². The number of rotatable bonds is 11. The predicted octanol–water partition coefficient (Wildman–Crippen LogP) is 2.69. The van der Waals surface area contributed by atoms with E-state index < -0.39 is 6.10 Å². The van der Waals surface area contributed by atoms with Gasteiger partial charge in [-0.1, -0.05) is 31.4 Å². The topological polar surface area (TPSA) is 62.2 Å². The van der Waals surface area contributed by atoms with Crippen LogP contribution in [0.1, 0.15) is 44.6 Å². The van der Waals surface area contributed by atoms with E-state index in [0.717, 1.165) is 11.3 Å². The summed E-state index contributed by atoms with van der Waals surface area (Å²) < 4.78 is 10.8. The zero-order valence-electron chi connectivity index (χ0n) is 17.6. The van der Waals surface area contributed by atoms with E-state index in [2.05, 4.69) is 11.9 Å². The number of aliphatic hydroxyl groups excluding tert-OH is 1. The third kappa shape index (κ3) is 8.17. The third-order valence-electron chi connectivity index (χ3n) is 5.19. The van der Waals surface area contributed by atoms with Crippen molar-refractivity contribution in [2.45, 2.75) is 57.7 Å². The van der Waals surface area contributed by atoms with Crippen molar-refractivity contribution in [3.63, 3.8) is 0 Å². The fourth-order valence-corrected chi connectivity index (χ4v) is 3.78. The Kier molecular flexibility index (Phi) is 9.75. The van der Waals surface area contributed by atoms with E-state index in [1.165, 1.54) is 32.1 Å². The van der Waals surface area contributed by atoms with Crippen LogP contribution in [0.3, 0.4) is 0 Å². The maximum Gasteiger partial charge on any atom is 0.320 e. The summed E-state index contributed by atoms with van der Waals surface area (Å²) in [6.07, 6.45) is 5.86. The molecular weight excluding hydrogens is 356 g/mol. The average Bonchev–Trinajstić information content (AvgIpc) is 2.67. The van der Waals surface area contributed by atoms with Gasteiger partial charge < -0.3 is 19.5 Å². The molecule has 1 aromatic carbocycles. The van der Waals surface area contributed by atoms with Gasteiger partial charge in [0.15, 0.2) is 0 Å². The highest BCUT2D eigenvalue weighted by molar-refractivity contribution is 5.71. The minimum absolute atomic E-state index is 0.220. The van der Waals surface area contributed by atoms with Crippen molar-refractivity contribution in [3.05, 3.63) is 29.8 Å². The van der Waals surface area contributed by atoms with Gasteiger partial charge in [0, 0.05) is 19.1 Å². The number of nitrogens with zero attached hydrogens (tertiary/aromatic N) is 2. The molecule has 0 radical (unpaired) electrons. The molecule has 158 valence electrons. The molecule has 0 saturated heterocycles. The largest absolute Gasteiger partial charge is 0.491 e. The highest BCUT2D eigenvalue weighted by Crippen LogP contribution is 2.22. The number of aliphatic hydroxyl groups is 1. The number of hydrogen-bond donors (Lipinski definition) is 1. The number of likely N-dealkylation sites (N-methyl/N-ethyl adjacent to an activating group) is 2. The molecule has 0 bridgehead atoms. The molecule has 0 spiro atoms. The molecule has 1 unspecified atom stereocenters. The first-order chi connectivity index (χ1) is 13.5. The molecule has 0 amide bonds. The second kappa shape index (κ2) is 12.0. The van der Waals surface area contributed by atoms with Gasteiger partial charge in [0.05, 0.1) is 13.2 Å². The van der Waals surface area contributed by atoms with Crippen molar-refractivity contribution in [1.82, 2.24) is 9.80 Å². The van der Waals surface area contributed by atoms with E-state index in [1.807, 2.05) is 36.2 Å². The van der Waals surface area contributed by atoms with Crippen molar-refractivity contribution < 1.29 is 19.4 Å². The van der Waals surface area contributed by atoms with Crippen LogP contribution in [0.5, 0.6) is 5.75 Å². The highest BCUT2D eigenvalue weighted by atomic mass is 16.5. The molecule has 0 aromatic heterocycles. The minimum Gasteiger partial charge on any atom is -0.491 e. The molecule has 28 heavy (non-hydrogen) atoms. The lowest BCUT2D eigenvalue weighted by molar-refractivity contribution is -0.144. The van der Waals surface area contributed by atoms with E-state index in [1.54, 1.807) is 6.92 Å². The number of carbonyl (C=O) groups excluding carboxylic acids is 1. The van der Waals surface area contributed by atoms with Crippen LogP contribution in [0.4, 0.5) is 0 Å². The van der Waals surface area contributed by atoms with Gasteiger partial charge in [0.1, 0.15) is 18.5 Å². The normalized spacial score (nSPS) is 16.4. The van der Waals surface area contributed by atoms with Crippen molar-refractivity contribution in [3.8, 4) is 5.75 Å². The zero-order chi connectivity index (χ0) is 20.4. The Morgan fingerprint density at radius 2 is 2.00 bits per heavy atom. The van der Waals surface area contributed by atoms with Gasteiger partial charge in [-0.2, -0.15) is 0 Å². The molecular formula is C22H36N2O4. The number of carbonyl (C=O) groups is 1. The summed E-state index contributed by atoms with van der Waals surface area (Å²) in [6, 6.07) is 8.37. The molecule has 1 aromatic rings. The average molecular weight is 393 g/mol. The van der Waals surface area contributed by atoms with Gasteiger partial charge in [-0.05, 0) is 51.6 Å². The number of hydrogen-bond acceptors (Lipinski definition) is 6. The van der Waals surface area contributed by atoms with E-state index in [4.69, 9.17) is 9.47 Å². The second-order valence-corrected chi connectivity index (χ2v) is 7.82. The van der Waals surface area contributed by atoms with Crippen molar-refractivity contribution in [2.24, 2.45) is 0 Å². The molecule has 0 aliphatic heterocycles. The Morgan fingerprint density at radius 1 is 1.25 bits per heavy atom. The lowest BCUT2D eigenvalue weighted by atomic mass is 9.94. The smallest absolute Gasteiger partial charge is 0.320 e. The molecule has 0 heterocycles. The second-order valence-electron chi connectivity index (χ2n) is 7.82. The molecule has 1 aliphatic carbocycles. The van der Waals surface area contributed by atoms with Gasteiger partial charge in [-0.25, -0.2) is 0 Å². The van der Waals surface area contributed by atoms with Gasteiger partial charge in [0.2, 0.25) is 0 Å². The van der Waals surface area contributed by atoms with Gasteiger partial charge >= 0.3 is 5.97 Å². The van der Waals surface area contributed by atoms with Crippen LogP contribution in [0.25, 0.3) is 0 Å². The summed E-state index contributed by atoms with van der Waals surface area (Å²) in [5.41, 5.74) is 1.05. The Hall–Kier alpha value is -1.63. The Labute approximate surface area is 169 Å². The monoisotopic (exact) mass is 392 g/mol. The fraction of sp³-hybridized carbons (Fsp3) is 0.682. The minimum atomic E-state index is -0.512. The lowest BCUT2D eigenvalue weighted by Gasteiger charge is -2.32. The lowest BCUT2D eigenvalue weighted by Crippen LogP contribution is -2.40. The summed E-state index contributed by atoms with van der Waals surface area (Å²) in [5, 5.41) is 10.3. The van der Waals surface area contributed by atoms with Gasteiger partial charge in [-0.3, -0.25) is 9.69 Å². The van der Waals surface area contributed by atoms with Gasteiger partial charge in [0.25, 0.3) is 0 Å². The Balaban J connectivity index is 1.76. The highest BCUT2D eigenvalue weighted by Gasteiger charge is 2.20. The van der Waals surface area contributed by atoms with Crippen LogP contribution < -0.4 is 4.74 Å². The summed E-state index contributed by atoms with van der Waals surface area (Å²) in [4.78, 5) is 15.7. The van der Waals surface area contributed by atoms with Crippen molar-refractivity contribution in [2.75, 3.05) is 40.4 Å². The van der Waals surface area contributed by atoms with Crippen LogP contribution in [0.15, 0.2) is 24.3 Å². The molecule has 1 aliphatic rings. The summed E-state index contributed by atoms with van der Waals surface area (Å²) in [7, 11) is 3.98. The zero-order valence-corrected chi connectivity index (χ0v) is 17.6. The molecule has 2 rings (SSSR count). The summed E-state index contributed by atoms with van der Waals surface area (Å²) in [5.74, 6) is 0.518. The Bertz CT molecular complexity index is 590. The molecule has 1 N–H and O–H groups in total. The maximum atomic E-state index is 11.6. The first-order valence-electron chi connectivity index (χ1n) is 10.4. The van der Waals surface area contributed by atoms with Crippen molar-refractivity contribution >= 4 is 5.97 Å². The standard InChI is InChI=1S/C22H36N2O4/c1-4-27-22(26)16-23(2)14-18-9-8-12-21(13-18)28-17-20(25)15-24(3)19-10-6-5-7-11-19/h8-9,12-13,19-20,25H,4-7,10-11,14-17H2,1-3H3. The fourth-order valence-electron chi connectivity index (χ4n) is 3.78. The number of benzene rings is 1. The van der Waals surface area contributed by atoms with Crippen LogP contribution in [-0.2, 0) is 16.1 Å². The maximum absolute atomic E-state index is 11.6. The van der Waals surface area contributed by atoms with Crippen molar-refractivity contribution in [1.29, 1.82) is 0 Å². The quantitative estimate of drug-likeness (QED) is 0.584. The molecule has 6 heteroatoms. The molecule has 1 saturated carbocycles. The van der Waals surface area contributed by atoms with E-state index in [0.29, 0.717) is 25.7 Å². The summed E-state index contributed by atoms with van der Waals surface area (Å²) in [6.45, 7) is 3.99. The molecule has 1 atom stereocenters. The SMILES string of the molecule is CCOC(=O)CN(C)Cc1cccc(OCC(O)CN(C)C2CCCCC2)c1. The first-order valence-corrected chi connectivity index (χ1v) is 10.4. The van der Waals surface area contributed by atoms with Crippen LogP contribution in [0, 0.1) is 0 Å². The Morgan fingerprint density at radius 3 is 2.71 bits per heavy atom. The first kappa shape index (κ1) is 22.7. The molecule has 6 nitrogen and oxygen atoms in total. The van der Waals surface area contributed by atoms with Crippen LogP contribution in [-0.4, -0.2) is 73.4 Å². The van der Waals surface area contributed by atoms with Crippen LogP contribution in [0.2, 0.25) is 0 Å². The third-order valence-corrected chi connectivity index (χ3v) is 5.19. The summed E-state index contributed by atoms with van der Waals surface area (Å²) >= 11 is 0. The number of esters is 1. The van der Waals surface area contributed by atoms with E-state index >= 15 is 0 Å². The van der Waals surface area contributed by atoms with Gasteiger partial charge in [-0.15, -0.1) is 0 Å².